The first-order chi connectivity index (χ1) is 9.02. The number of carbonyl (C=O) groups is 1. The summed E-state index contributed by atoms with van der Waals surface area (Å²) in [6, 6.07) is 4.44. The smallest absolute Gasteiger partial charge is 0.305 e. The van der Waals surface area contributed by atoms with Crippen LogP contribution in [0.25, 0.3) is 0 Å². The first-order valence-electron chi connectivity index (χ1n) is 6.39. The molecule has 0 bridgehead atoms. The first-order valence-corrected chi connectivity index (χ1v) is 6.39. The van der Waals surface area contributed by atoms with Gasteiger partial charge in [-0.1, -0.05) is 0 Å². The van der Waals surface area contributed by atoms with Gasteiger partial charge in [-0.25, -0.2) is 0 Å². The largest absolute Gasteiger partial charge is 0.481 e. The SMILES string of the molecule is Cc1cc(N(CCC(=O)O)C2CC2)c(C#N)c(C)n1. The average molecular weight is 259 g/mol. The summed E-state index contributed by atoms with van der Waals surface area (Å²) in [6.45, 7) is 4.15. The standard InChI is InChI=1S/C14H17N3O2/c1-9-7-13(12(8-15)10(2)16-9)17(11-3-4-11)6-5-14(18)19/h7,11H,3-6H2,1-2H3,(H,18,19). The summed E-state index contributed by atoms with van der Waals surface area (Å²) in [6.07, 6.45) is 2.21. The van der Waals surface area contributed by atoms with E-state index < -0.39 is 5.97 Å². The van der Waals surface area contributed by atoms with Crippen LogP contribution in [0.5, 0.6) is 0 Å². The van der Waals surface area contributed by atoms with E-state index in [0.29, 0.717) is 23.8 Å². The molecule has 0 unspecified atom stereocenters. The van der Waals surface area contributed by atoms with Crippen LogP contribution in [0.2, 0.25) is 0 Å². The van der Waals surface area contributed by atoms with Gasteiger partial charge >= 0.3 is 5.97 Å². The minimum absolute atomic E-state index is 0.0851. The maximum Gasteiger partial charge on any atom is 0.305 e. The fourth-order valence-corrected chi connectivity index (χ4v) is 2.27. The molecule has 1 heterocycles. The highest BCUT2D eigenvalue weighted by Gasteiger charge is 2.31. The molecule has 19 heavy (non-hydrogen) atoms. The zero-order valence-corrected chi connectivity index (χ0v) is 11.2. The lowest BCUT2D eigenvalue weighted by Gasteiger charge is -2.25. The van der Waals surface area contributed by atoms with Crippen molar-refractivity contribution in [3.05, 3.63) is 23.0 Å². The maximum atomic E-state index is 10.8. The number of aliphatic carboxylic acids is 1. The predicted octanol–water partition coefficient (Wildman–Crippen LogP) is 2.01. The van der Waals surface area contributed by atoms with Crippen LogP contribution in [0.3, 0.4) is 0 Å². The number of carboxylic acids is 1. The zero-order valence-electron chi connectivity index (χ0n) is 11.2. The zero-order chi connectivity index (χ0) is 14.0. The molecular weight excluding hydrogens is 242 g/mol. The van der Waals surface area contributed by atoms with Gasteiger partial charge in [-0.3, -0.25) is 9.78 Å². The Morgan fingerprint density at radius 2 is 2.26 bits per heavy atom. The van der Waals surface area contributed by atoms with Crippen molar-refractivity contribution in [1.29, 1.82) is 5.26 Å². The van der Waals surface area contributed by atoms with E-state index in [1.54, 1.807) is 0 Å². The van der Waals surface area contributed by atoms with Crippen molar-refractivity contribution >= 4 is 11.7 Å². The summed E-state index contributed by atoms with van der Waals surface area (Å²) < 4.78 is 0. The molecule has 0 aromatic carbocycles. The van der Waals surface area contributed by atoms with Gasteiger partial charge in [0, 0.05) is 18.3 Å². The van der Waals surface area contributed by atoms with Crippen LogP contribution >= 0.6 is 0 Å². The van der Waals surface area contributed by atoms with Gasteiger partial charge in [0.05, 0.1) is 23.4 Å². The van der Waals surface area contributed by atoms with Crippen molar-refractivity contribution < 1.29 is 9.90 Å². The number of pyridine rings is 1. The Balaban J connectivity index is 2.36. The number of hydrogen-bond acceptors (Lipinski definition) is 4. The van der Waals surface area contributed by atoms with Crippen LogP contribution in [0, 0.1) is 25.2 Å². The van der Waals surface area contributed by atoms with Gasteiger partial charge in [0.1, 0.15) is 6.07 Å². The molecule has 1 N–H and O–H groups in total. The summed E-state index contributed by atoms with van der Waals surface area (Å²) in [5.74, 6) is -0.813. The van der Waals surface area contributed by atoms with Gasteiger partial charge in [0.15, 0.2) is 0 Å². The molecule has 0 spiro atoms. The van der Waals surface area contributed by atoms with Gasteiger partial charge < -0.3 is 10.0 Å². The number of aromatic nitrogens is 1. The lowest BCUT2D eigenvalue weighted by Crippen LogP contribution is -2.29. The molecule has 1 aromatic rings. The van der Waals surface area contributed by atoms with Crippen LogP contribution in [-0.2, 0) is 4.79 Å². The lowest BCUT2D eigenvalue weighted by atomic mass is 10.1. The molecule has 1 saturated carbocycles. The van der Waals surface area contributed by atoms with E-state index in [1.807, 2.05) is 24.8 Å². The highest BCUT2D eigenvalue weighted by molar-refractivity contribution is 5.69. The minimum Gasteiger partial charge on any atom is -0.481 e. The van der Waals surface area contributed by atoms with Crippen LogP contribution < -0.4 is 4.90 Å². The Morgan fingerprint density at radius 1 is 1.58 bits per heavy atom. The molecule has 0 radical (unpaired) electrons. The van der Waals surface area contributed by atoms with Crippen LogP contribution in [0.1, 0.15) is 36.2 Å². The molecule has 0 amide bonds. The molecular formula is C14H17N3O2. The highest BCUT2D eigenvalue weighted by atomic mass is 16.4. The number of anilines is 1. The van der Waals surface area contributed by atoms with E-state index in [0.717, 1.165) is 24.2 Å². The van der Waals surface area contributed by atoms with Gasteiger partial charge in [-0.2, -0.15) is 5.26 Å². The third kappa shape index (κ3) is 3.02. The number of carboxylic acid groups (broad SMARTS) is 1. The summed E-state index contributed by atoms with van der Waals surface area (Å²) in [5.41, 5.74) is 2.95. The van der Waals surface area contributed by atoms with Crippen molar-refractivity contribution in [3.8, 4) is 6.07 Å². The van der Waals surface area contributed by atoms with Crippen LogP contribution in [0.4, 0.5) is 5.69 Å². The Morgan fingerprint density at radius 3 is 2.79 bits per heavy atom. The fourth-order valence-electron chi connectivity index (χ4n) is 2.27. The van der Waals surface area contributed by atoms with Gasteiger partial charge in [-0.05, 0) is 32.8 Å². The maximum absolute atomic E-state index is 10.8. The van der Waals surface area contributed by atoms with E-state index >= 15 is 0 Å². The Kier molecular flexibility index (Phi) is 3.70. The minimum atomic E-state index is -0.813. The fraction of sp³-hybridized carbons (Fsp3) is 0.500. The molecule has 1 fully saturated rings. The topological polar surface area (TPSA) is 77.2 Å². The second-order valence-corrected chi connectivity index (χ2v) is 4.92. The van der Waals surface area contributed by atoms with Crippen molar-refractivity contribution in [1.82, 2.24) is 4.98 Å². The third-order valence-corrected chi connectivity index (χ3v) is 3.28. The van der Waals surface area contributed by atoms with Crippen molar-refractivity contribution in [2.45, 2.75) is 39.2 Å². The molecule has 2 rings (SSSR count). The first kappa shape index (κ1) is 13.3. The van der Waals surface area contributed by atoms with E-state index in [4.69, 9.17) is 5.11 Å². The average Bonchev–Trinajstić information content (AvgIpc) is 3.12. The quantitative estimate of drug-likeness (QED) is 0.875. The summed E-state index contributed by atoms with van der Waals surface area (Å²) >= 11 is 0. The van der Waals surface area contributed by atoms with E-state index in [-0.39, 0.29) is 6.42 Å². The molecule has 0 aliphatic heterocycles. The monoisotopic (exact) mass is 259 g/mol. The van der Waals surface area contributed by atoms with Crippen molar-refractivity contribution in [3.63, 3.8) is 0 Å². The molecule has 100 valence electrons. The lowest BCUT2D eigenvalue weighted by molar-refractivity contribution is -0.136. The Hall–Kier alpha value is -2.09. The summed E-state index contributed by atoms with van der Waals surface area (Å²) in [5, 5.41) is 18.1. The number of hydrogen-bond donors (Lipinski definition) is 1. The van der Waals surface area contributed by atoms with Crippen LogP contribution in [0.15, 0.2) is 6.07 Å². The second-order valence-electron chi connectivity index (χ2n) is 4.92. The number of aryl methyl sites for hydroxylation is 2. The number of nitriles is 1. The number of rotatable bonds is 5. The van der Waals surface area contributed by atoms with Crippen molar-refractivity contribution in [2.75, 3.05) is 11.4 Å². The van der Waals surface area contributed by atoms with Crippen LogP contribution in [-0.4, -0.2) is 28.6 Å². The Bertz CT molecular complexity index is 544. The van der Waals surface area contributed by atoms with E-state index in [1.165, 1.54) is 0 Å². The van der Waals surface area contributed by atoms with Gasteiger partial charge in [0.2, 0.25) is 0 Å². The molecule has 5 nitrogen and oxygen atoms in total. The molecule has 1 aliphatic rings. The normalized spacial score (nSPS) is 13.9. The van der Waals surface area contributed by atoms with Gasteiger partial charge in [-0.15, -0.1) is 0 Å². The molecule has 0 atom stereocenters. The van der Waals surface area contributed by atoms with E-state index in [9.17, 15) is 10.1 Å². The summed E-state index contributed by atoms with van der Waals surface area (Å²) in [4.78, 5) is 17.1. The van der Waals surface area contributed by atoms with Gasteiger partial charge in [0.25, 0.3) is 0 Å². The predicted molar refractivity (Wildman–Crippen MR) is 71.0 cm³/mol. The third-order valence-electron chi connectivity index (χ3n) is 3.28. The van der Waals surface area contributed by atoms with E-state index in [2.05, 4.69) is 11.1 Å². The molecule has 1 aromatic heterocycles. The number of nitrogens with zero attached hydrogens (tertiary/aromatic N) is 3. The van der Waals surface area contributed by atoms with Crippen molar-refractivity contribution in [2.24, 2.45) is 0 Å². The Labute approximate surface area is 112 Å². The molecule has 5 heteroatoms. The highest BCUT2D eigenvalue weighted by Crippen LogP contribution is 2.34. The summed E-state index contributed by atoms with van der Waals surface area (Å²) in [7, 11) is 0. The molecule has 1 aliphatic carbocycles. The second kappa shape index (κ2) is 5.27. The molecule has 0 saturated heterocycles.